The second-order valence-corrected chi connectivity index (χ2v) is 5.74. The molecule has 0 saturated carbocycles. The molecule has 1 unspecified atom stereocenters. The highest BCUT2D eigenvalue weighted by Crippen LogP contribution is 2.28. The van der Waals surface area contributed by atoms with Crippen molar-refractivity contribution in [3.05, 3.63) is 29.3 Å². The average Bonchev–Trinajstić information content (AvgIpc) is 2.94. The van der Waals surface area contributed by atoms with Crippen molar-refractivity contribution in [2.45, 2.75) is 13.0 Å². The number of hydrogen-bond acceptors (Lipinski definition) is 5. The molecule has 0 radical (unpaired) electrons. The number of thiazole rings is 1. The molecule has 1 heterocycles. The smallest absolute Gasteiger partial charge is 0.242 e. The first-order chi connectivity index (χ1) is 10.0. The molecule has 9 heteroatoms. The van der Waals surface area contributed by atoms with E-state index in [1.54, 1.807) is 23.3 Å². The van der Waals surface area contributed by atoms with Crippen molar-refractivity contribution in [1.29, 1.82) is 0 Å². The van der Waals surface area contributed by atoms with Gasteiger partial charge < -0.3 is 16.0 Å². The summed E-state index contributed by atoms with van der Waals surface area (Å²) in [5.74, 6) is -0.520. The van der Waals surface area contributed by atoms with E-state index < -0.39 is 0 Å². The lowest BCUT2D eigenvalue weighted by atomic mass is 10.3. The number of fused-ring (bicyclic) bond motifs is 1. The zero-order valence-corrected chi connectivity index (χ0v) is 15.3. The number of nitrogens with one attached hydrogen (secondary N) is 1. The summed E-state index contributed by atoms with van der Waals surface area (Å²) < 4.78 is 1.09. The largest absolute Gasteiger partial charge is 0.346 e. The van der Waals surface area contributed by atoms with Gasteiger partial charge in [-0.15, -0.1) is 36.2 Å². The van der Waals surface area contributed by atoms with Crippen molar-refractivity contribution in [2.75, 3.05) is 20.1 Å². The Morgan fingerprint density at radius 3 is 2.61 bits per heavy atom. The lowest BCUT2D eigenvalue weighted by molar-refractivity contribution is -0.133. The van der Waals surface area contributed by atoms with E-state index in [1.807, 2.05) is 31.2 Å². The molecule has 1 aromatic heterocycles. The van der Waals surface area contributed by atoms with Crippen molar-refractivity contribution < 1.29 is 9.59 Å². The SMILES string of the molecule is CC(c1nc2ccccc2s1)N(C)C(=O)CNC(=O)CN.Cl.Cl. The van der Waals surface area contributed by atoms with E-state index >= 15 is 0 Å². The van der Waals surface area contributed by atoms with Crippen LogP contribution in [0.5, 0.6) is 0 Å². The van der Waals surface area contributed by atoms with Crippen LogP contribution >= 0.6 is 36.2 Å². The Balaban J connectivity index is 0.00000242. The van der Waals surface area contributed by atoms with E-state index in [0.29, 0.717) is 0 Å². The van der Waals surface area contributed by atoms with Gasteiger partial charge in [0.25, 0.3) is 0 Å². The Morgan fingerprint density at radius 2 is 2.00 bits per heavy atom. The first-order valence-electron chi connectivity index (χ1n) is 6.61. The van der Waals surface area contributed by atoms with E-state index in [2.05, 4.69) is 10.3 Å². The number of halogens is 2. The zero-order chi connectivity index (χ0) is 15.4. The van der Waals surface area contributed by atoms with Crippen LogP contribution in [-0.2, 0) is 9.59 Å². The van der Waals surface area contributed by atoms with Crippen LogP contribution in [0.4, 0.5) is 0 Å². The zero-order valence-electron chi connectivity index (χ0n) is 12.8. The highest BCUT2D eigenvalue weighted by atomic mass is 35.5. The summed E-state index contributed by atoms with van der Waals surface area (Å²) in [5.41, 5.74) is 6.12. The summed E-state index contributed by atoms with van der Waals surface area (Å²) in [6, 6.07) is 7.71. The van der Waals surface area contributed by atoms with Gasteiger partial charge in [0.1, 0.15) is 5.01 Å². The number of likely N-dealkylation sites (N-methyl/N-ethyl adjacent to an activating group) is 1. The van der Waals surface area contributed by atoms with E-state index in [9.17, 15) is 9.59 Å². The molecule has 3 N–H and O–H groups in total. The van der Waals surface area contributed by atoms with Gasteiger partial charge in [0.15, 0.2) is 0 Å². The number of hydrogen-bond donors (Lipinski definition) is 2. The highest BCUT2D eigenvalue weighted by molar-refractivity contribution is 7.18. The maximum absolute atomic E-state index is 12.0. The van der Waals surface area contributed by atoms with E-state index in [1.165, 1.54) is 0 Å². The van der Waals surface area contributed by atoms with Gasteiger partial charge in [0.05, 0.1) is 29.3 Å². The van der Waals surface area contributed by atoms with Crippen molar-refractivity contribution in [3.63, 3.8) is 0 Å². The molecule has 0 aliphatic carbocycles. The fourth-order valence-corrected chi connectivity index (χ4v) is 2.88. The molecule has 2 aromatic rings. The lowest BCUT2D eigenvalue weighted by Crippen LogP contribution is -2.41. The number of carbonyl (C=O) groups is 2. The molecular weight excluding hydrogens is 359 g/mol. The van der Waals surface area contributed by atoms with Crippen molar-refractivity contribution >= 4 is 58.2 Å². The number of rotatable bonds is 5. The molecule has 0 bridgehead atoms. The number of nitrogens with zero attached hydrogens (tertiary/aromatic N) is 2. The third-order valence-electron chi connectivity index (χ3n) is 3.26. The number of para-hydroxylation sites is 1. The normalized spacial score (nSPS) is 11.1. The quantitative estimate of drug-likeness (QED) is 0.828. The maximum Gasteiger partial charge on any atom is 0.242 e. The summed E-state index contributed by atoms with van der Waals surface area (Å²) in [6.07, 6.45) is 0. The second-order valence-electron chi connectivity index (χ2n) is 4.68. The van der Waals surface area contributed by atoms with Crippen LogP contribution in [0, 0.1) is 0 Å². The number of carbonyl (C=O) groups excluding carboxylic acids is 2. The predicted octanol–water partition coefficient (Wildman–Crippen LogP) is 1.73. The third kappa shape index (κ3) is 5.31. The summed E-state index contributed by atoms with van der Waals surface area (Å²) in [4.78, 5) is 29.2. The minimum Gasteiger partial charge on any atom is -0.346 e. The molecule has 23 heavy (non-hydrogen) atoms. The molecule has 6 nitrogen and oxygen atoms in total. The average molecular weight is 379 g/mol. The van der Waals surface area contributed by atoms with Crippen molar-refractivity contribution in [2.24, 2.45) is 5.73 Å². The Morgan fingerprint density at radius 1 is 1.35 bits per heavy atom. The molecule has 0 fully saturated rings. The van der Waals surface area contributed by atoms with Gasteiger partial charge in [-0.3, -0.25) is 9.59 Å². The van der Waals surface area contributed by atoms with Crippen LogP contribution in [0.3, 0.4) is 0 Å². The Labute approximate surface area is 151 Å². The molecule has 1 aromatic carbocycles. The van der Waals surface area contributed by atoms with Gasteiger partial charge in [0, 0.05) is 7.05 Å². The van der Waals surface area contributed by atoms with E-state index in [0.717, 1.165) is 15.2 Å². The molecule has 2 rings (SSSR count). The van der Waals surface area contributed by atoms with Gasteiger partial charge in [-0.1, -0.05) is 12.1 Å². The topological polar surface area (TPSA) is 88.3 Å². The summed E-state index contributed by atoms with van der Waals surface area (Å²) in [7, 11) is 1.70. The first-order valence-corrected chi connectivity index (χ1v) is 7.42. The fraction of sp³-hybridized carbons (Fsp3) is 0.357. The highest BCUT2D eigenvalue weighted by Gasteiger charge is 2.20. The third-order valence-corrected chi connectivity index (χ3v) is 4.47. The predicted molar refractivity (Wildman–Crippen MR) is 97.4 cm³/mol. The number of aromatic nitrogens is 1. The lowest BCUT2D eigenvalue weighted by Gasteiger charge is -2.23. The van der Waals surface area contributed by atoms with Crippen LogP contribution in [0.25, 0.3) is 10.2 Å². The number of amides is 2. The van der Waals surface area contributed by atoms with E-state index in [4.69, 9.17) is 5.73 Å². The molecule has 0 aliphatic heterocycles. The second kappa shape index (κ2) is 9.67. The van der Waals surface area contributed by atoms with Crippen LogP contribution in [-0.4, -0.2) is 41.8 Å². The van der Waals surface area contributed by atoms with Gasteiger partial charge in [-0.25, -0.2) is 4.98 Å². The molecule has 1 atom stereocenters. The molecule has 128 valence electrons. The monoisotopic (exact) mass is 378 g/mol. The van der Waals surface area contributed by atoms with E-state index in [-0.39, 0.29) is 55.8 Å². The van der Waals surface area contributed by atoms with Crippen LogP contribution in [0.2, 0.25) is 0 Å². The minimum atomic E-state index is -0.343. The standard InChI is InChI=1S/C14H18N4O2S.2ClH/c1-9(18(2)13(20)8-16-12(19)7-15)14-17-10-5-3-4-6-11(10)21-14;;/h3-6,9H,7-8,15H2,1-2H3,(H,16,19);2*1H. The minimum absolute atomic E-state index is 0. The fourth-order valence-electron chi connectivity index (χ4n) is 1.82. The van der Waals surface area contributed by atoms with Crippen molar-refractivity contribution in [1.82, 2.24) is 15.2 Å². The van der Waals surface area contributed by atoms with Crippen molar-refractivity contribution in [3.8, 4) is 0 Å². The Kier molecular flexibility index (Phi) is 9.07. The molecule has 0 saturated heterocycles. The summed E-state index contributed by atoms with van der Waals surface area (Å²) in [6.45, 7) is 1.74. The number of nitrogens with two attached hydrogens (primary N) is 1. The Hall–Kier alpha value is -1.41. The van der Waals surface area contributed by atoms with Crippen LogP contribution in [0.15, 0.2) is 24.3 Å². The van der Waals surface area contributed by atoms with Gasteiger partial charge in [0.2, 0.25) is 11.8 Å². The Bertz CT molecular complexity index is 632. The maximum atomic E-state index is 12.0. The van der Waals surface area contributed by atoms with Gasteiger partial charge in [-0.2, -0.15) is 0 Å². The van der Waals surface area contributed by atoms with Gasteiger partial charge in [-0.05, 0) is 19.1 Å². The van der Waals surface area contributed by atoms with Crippen LogP contribution in [0.1, 0.15) is 18.0 Å². The van der Waals surface area contributed by atoms with Crippen LogP contribution < -0.4 is 11.1 Å². The number of benzene rings is 1. The molecule has 2 amide bonds. The first kappa shape index (κ1) is 21.6. The molecule has 0 spiro atoms. The van der Waals surface area contributed by atoms with Gasteiger partial charge >= 0.3 is 0 Å². The summed E-state index contributed by atoms with van der Waals surface area (Å²) in [5, 5.41) is 3.35. The summed E-state index contributed by atoms with van der Waals surface area (Å²) >= 11 is 1.57. The molecular formula is C14H20Cl2N4O2S. The molecule has 0 aliphatic rings.